The highest BCUT2D eigenvalue weighted by Crippen LogP contribution is 2.10. The predicted octanol–water partition coefficient (Wildman–Crippen LogP) is 3.15. The van der Waals surface area contributed by atoms with Crippen LogP contribution in [-0.4, -0.2) is 18.7 Å². The average molecular weight is 321 g/mol. The van der Waals surface area contributed by atoms with Gasteiger partial charge in [0.15, 0.2) is 6.61 Å². The lowest BCUT2D eigenvalue weighted by Gasteiger charge is -2.04. The van der Waals surface area contributed by atoms with E-state index in [-0.39, 0.29) is 18.3 Å². The minimum Gasteiger partial charge on any atom is -0.386 e. The third kappa shape index (κ3) is 5.54. The van der Waals surface area contributed by atoms with Crippen LogP contribution in [0.3, 0.4) is 0 Å². The maximum atomic E-state index is 12.7. The van der Waals surface area contributed by atoms with E-state index in [0.29, 0.717) is 17.1 Å². The molecule has 4 nitrogen and oxygen atoms in total. The quantitative estimate of drug-likeness (QED) is 0.656. The van der Waals surface area contributed by atoms with Crippen LogP contribution in [0.5, 0.6) is 0 Å². The van der Waals surface area contributed by atoms with E-state index in [1.807, 2.05) is 12.1 Å². The molecule has 22 heavy (non-hydrogen) atoms. The number of nitrogens with one attached hydrogen (secondary N) is 1. The van der Waals surface area contributed by atoms with Gasteiger partial charge in [0.2, 0.25) is 0 Å². The van der Waals surface area contributed by atoms with Crippen molar-refractivity contribution in [2.45, 2.75) is 6.54 Å². The minimum absolute atomic E-state index is 0.196. The Morgan fingerprint density at radius 3 is 2.77 bits per heavy atom. The van der Waals surface area contributed by atoms with Crippen molar-refractivity contribution < 1.29 is 14.0 Å². The van der Waals surface area contributed by atoms with Gasteiger partial charge in [-0.1, -0.05) is 41.0 Å². The highest BCUT2D eigenvalue weighted by Gasteiger charge is 2.01. The van der Waals surface area contributed by atoms with E-state index in [1.165, 1.54) is 18.3 Å². The molecule has 6 heteroatoms. The summed E-state index contributed by atoms with van der Waals surface area (Å²) in [4.78, 5) is 16.4. The second-order valence-corrected chi connectivity index (χ2v) is 4.90. The van der Waals surface area contributed by atoms with Gasteiger partial charge in [-0.25, -0.2) is 4.39 Å². The number of benzene rings is 2. The molecule has 0 saturated carbocycles. The Kier molecular flexibility index (Phi) is 5.91. The Morgan fingerprint density at radius 2 is 2.05 bits per heavy atom. The first-order chi connectivity index (χ1) is 10.6. The third-order valence-corrected chi connectivity index (χ3v) is 2.96. The number of halogens is 2. The Balaban J connectivity index is 1.70. The average Bonchev–Trinajstić information content (AvgIpc) is 2.51. The zero-order chi connectivity index (χ0) is 15.8. The van der Waals surface area contributed by atoms with E-state index in [4.69, 9.17) is 16.4 Å². The second-order valence-electron chi connectivity index (χ2n) is 4.47. The van der Waals surface area contributed by atoms with Crippen molar-refractivity contribution in [2.24, 2.45) is 5.16 Å². The Morgan fingerprint density at radius 1 is 1.27 bits per heavy atom. The fourth-order valence-corrected chi connectivity index (χ4v) is 1.85. The number of amides is 1. The monoisotopic (exact) mass is 320 g/mol. The van der Waals surface area contributed by atoms with Gasteiger partial charge in [0.05, 0.1) is 6.21 Å². The molecule has 2 aromatic carbocycles. The number of rotatable bonds is 6. The van der Waals surface area contributed by atoms with E-state index in [0.717, 1.165) is 5.56 Å². The van der Waals surface area contributed by atoms with Crippen LogP contribution in [0, 0.1) is 5.82 Å². The number of hydrogen-bond acceptors (Lipinski definition) is 3. The predicted molar refractivity (Wildman–Crippen MR) is 83.2 cm³/mol. The molecular weight excluding hydrogens is 307 g/mol. The Labute approximate surface area is 132 Å². The highest BCUT2D eigenvalue weighted by atomic mass is 35.5. The molecule has 0 fully saturated rings. The summed E-state index contributed by atoms with van der Waals surface area (Å²) < 4.78 is 12.7. The van der Waals surface area contributed by atoms with Gasteiger partial charge in [0.1, 0.15) is 5.82 Å². The number of carbonyl (C=O) groups excluding carboxylic acids is 1. The maximum absolute atomic E-state index is 12.7. The van der Waals surface area contributed by atoms with Crippen molar-refractivity contribution in [2.75, 3.05) is 6.61 Å². The Bertz CT molecular complexity index is 659. The van der Waals surface area contributed by atoms with E-state index < -0.39 is 0 Å². The van der Waals surface area contributed by atoms with E-state index in [1.54, 1.807) is 24.3 Å². The van der Waals surface area contributed by atoms with Crippen molar-refractivity contribution in [3.63, 3.8) is 0 Å². The molecule has 0 atom stereocenters. The number of nitrogens with zero attached hydrogens (tertiary/aromatic N) is 1. The fourth-order valence-electron chi connectivity index (χ4n) is 1.64. The molecule has 0 unspecified atom stereocenters. The van der Waals surface area contributed by atoms with Crippen LogP contribution in [0.25, 0.3) is 0 Å². The van der Waals surface area contributed by atoms with E-state index in [2.05, 4.69) is 10.5 Å². The zero-order valence-electron chi connectivity index (χ0n) is 11.6. The molecule has 0 heterocycles. The number of hydrogen-bond donors (Lipinski definition) is 1. The van der Waals surface area contributed by atoms with Crippen molar-refractivity contribution in [3.8, 4) is 0 Å². The summed E-state index contributed by atoms with van der Waals surface area (Å²) in [5, 5.41) is 6.95. The summed E-state index contributed by atoms with van der Waals surface area (Å²) in [7, 11) is 0. The first-order valence-corrected chi connectivity index (χ1v) is 6.93. The molecule has 0 aliphatic rings. The molecule has 0 saturated heterocycles. The molecule has 0 spiro atoms. The standard InChI is InChI=1S/C16H14ClFN2O2/c17-14-3-1-2-13(8-14)9-19-16(21)11-22-20-10-12-4-6-15(18)7-5-12/h1-8,10H,9,11H2,(H,19,21)/b20-10+. The molecule has 1 amide bonds. The second kappa shape index (κ2) is 8.14. The Hall–Kier alpha value is -2.40. The molecule has 0 aliphatic heterocycles. The summed E-state index contributed by atoms with van der Waals surface area (Å²) in [5.74, 6) is -0.616. The lowest BCUT2D eigenvalue weighted by molar-refractivity contribution is -0.125. The topological polar surface area (TPSA) is 50.7 Å². The number of oxime groups is 1. The molecule has 1 N–H and O–H groups in total. The maximum Gasteiger partial charge on any atom is 0.261 e. The molecule has 114 valence electrons. The largest absolute Gasteiger partial charge is 0.386 e. The molecule has 2 aromatic rings. The van der Waals surface area contributed by atoms with Crippen molar-refractivity contribution in [1.29, 1.82) is 0 Å². The molecule has 0 aliphatic carbocycles. The smallest absolute Gasteiger partial charge is 0.261 e. The summed E-state index contributed by atoms with van der Waals surface area (Å²) in [6, 6.07) is 13.0. The first-order valence-electron chi connectivity index (χ1n) is 6.55. The summed E-state index contributed by atoms with van der Waals surface area (Å²) >= 11 is 5.85. The first kappa shape index (κ1) is 16.0. The lowest BCUT2D eigenvalue weighted by atomic mass is 10.2. The summed E-state index contributed by atoms with van der Waals surface area (Å²) in [5.41, 5.74) is 1.58. The van der Waals surface area contributed by atoms with Gasteiger partial charge >= 0.3 is 0 Å². The van der Waals surface area contributed by atoms with E-state index >= 15 is 0 Å². The molecule has 0 aromatic heterocycles. The van der Waals surface area contributed by atoms with Crippen LogP contribution in [-0.2, 0) is 16.2 Å². The molecule has 0 radical (unpaired) electrons. The van der Waals surface area contributed by atoms with Crippen molar-refractivity contribution in [3.05, 3.63) is 70.5 Å². The fraction of sp³-hybridized carbons (Fsp3) is 0.125. The molecular formula is C16H14ClFN2O2. The normalized spacial score (nSPS) is 10.6. The van der Waals surface area contributed by atoms with Gasteiger partial charge in [0, 0.05) is 11.6 Å². The van der Waals surface area contributed by atoms with Crippen molar-refractivity contribution >= 4 is 23.7 Å². The van der Waals surface area contributed by atoms with Gasteiger partial charge in [-0.3, -0.25) is 4.79 Å². The SMILES string of the molecule is O=C(CO/N=C/c1ccc(F)cc1)NCc1cccc(Cl)c1. The molecule has 0 bridgehead atoms. The van der Waals surface area contributed by atoms with Gasteiger partial charge in [0.25, 0.3) is 5.91 Å². The van der Waals surface area contributed by atoms with Gasteiger partial charge in [-0.05, 0) is 35.4 Å². The minimum atomic E-state index is -0.321. The van der Waals surface area contributed by atoms with Crippen LogP contribution in [0.15, 0.2) is 53.7 Å². The van der Waals surface area contributed by atoms with Crippen LogP contribution >= 0.6 is 11.6 Å². The summed E-state index contributed by atoms with van der Waals surface area (Å²) in [6.45, 7) is 0.169. The van der Waals surface area contributed by atoms with Crippen molar-refractivity contribution in [1.82, 2.24) is 5.32 Å². The van der Waals surface area contributed by atoms with Gasteiger partial charge < -0.3 is 10.2 Å². The van der Waals surface area contributed by atoms with Crippen LogP contribution < -0.4 is 5.32 Å². The van der Waals surface area contributed by atoms with Gasteiger partial charge in [-0.15, -0.1) is 0 Å². The van der Waals surface area contributed by atoms with Gasteiger partial charge in [-0.2, -0.15) is 0 Å². The lowest BCUT2D eigenvalue weighted by Crippen LogP contribution is -2.26. The third-order valence-electron chi connectivity index (χ3n) is 2.72. The van der Waals surface area contributed by atoms with E-state index in [9.17, 15) is 9.18 Å². The number of carbonyl (C=O) groups is 1. The highest BCUT2D eigenvalue weighted by molar-refractivity contribution is 6.30. The van der Waals surface area contributed by atoms with Crippen LogP contribution in [0.1, 0.15) is 11.1 Å². The zero-order valence-corrected chi connectivity index (χ0v) is 12.4. The molecule has 2 rings (SSSR count). The summed E-state index contributed by atoms with van der Waals surface area (Å²) in [6.07, 6.45) is 1.41. The van der Waals surface area contributed by atoms with Crippen LogP contribution in [0.2, 0.25) is 5.02 Å². The van der Waals surface area contributed by atoms with Crippen LogP contribution in [0.4, 0.5) is 4.39 Å².